The highest BCUT2D eigenvalue weighted by Gasteiger charge is 2.29. The molecule has 25 heavy (non-hydrogen) atoms. The van der Waals surface area contributed by atoms with Crippen molar-refractivity contribution in [1.29, 1.82) is 0 Å². The molecule has 0 bridgehead atoms. The average Bonchev–Trinajstić information content (AvgIpc) is 2.53. The molecule has 0 aliphatic carbocycles. The van der Waals surface area contributed by atoms with Gasteiger partial charge in [0.25, 0.3) is 0 Å². The summed E-state index contributed by atoms with van der Waals surface area (Å²) in [5.74, 6) is -2.12. The van der Waals surface area contributed by atoms with Gasteiger partial charge < -0.3 is 9.47 Å². The topological polar surface area (TPSA) is 107 Å². The number of Topliss-reactive ketones (excluding diaryl/α,β-unsaturated/α-hetero) is 1. The Hall–Kier alpha value is -1.78. The minimum atomic E-state index is -4.11. The largest absolute Gasteiger partial charge is 0.465 e. The Balaban J connectivity index is 3.03. The van der Waals surface area contributed by atoms with Gasteiger partial charge >= 0.3 is 11.9 Å². The maximum absolute atomic E-state index is 12.7. The highest BCUT2D eigenvalue weighted by molar-refractivity contribution is 9.10. The number of ether oxygens (including phenoxy) is 2. The van der Waals surface area contributed by atoms with Crippen molar-refractivity contribution in [2.45, 2.75) is 18.7 Å². The third kappa shape index (κ3) is 6.92. The van der Waals surface area contributed by atoms with Gasteiger partial charge in [-0.25, -0.2) is 8.42 Å². The number of hydrogen-bond donors (Lipinski definition) is 0. The van der Waals surface area contributed by atoms with E-state index in [0.717, 1.165) is 6.92 Å². The number of ketones is 1. The molecule has 1 rings (SSSR count). The predicted octanol–water partition coefficient (Wildman–Crippen LogP) is 1.14. The van der Waals surface area contributed by atoms with Gasteiger partial charge in [0.15, 0.2) is 12.4 Å². The summed E-state index contributed by atoms with van der Waals surface area (Å²) in [6, 6.07) is 5.73. The van der Waals surface area contributed by atoms with Crippen LogP contribution in [-0.4, -0.2) is 56.7 Å². The number of esters is 2. The van der Waals surface area contributed by atoms with Crippen molar-refractivity contribution in [1.82, 2.24) is 4.31 Å². The van der Waals surface area contributed by atoms with Crippen molar-refractivity contribution in [3.05, 3.63) is 28.7 Å². The summed E-state index contributed by atoms with van der Waals surface area (Å²) in [7, 11) is -4.11. The lowest BCUT2D eigenvalue weighted by Crippen LogP contribution is -2.41. The van der Waals surface area contributed by atoms with Crippen molar-refractivity contribution in [2.75, 3.05) is 26.3 Å². The van der Waals surface area contributed by atoms with Crippen LogP contribution in [-0.2, 0) is 33.9 Å². The fourth-order valence-electron chi connectivity index (χ4n) is 1.76. The third-order valence-electron chi connectivity index (χ3n) is 2.85. The number of sulfonamides is 1. The van der Waals surface area contributed by atoms with Crippen LogP contribution < -0.4 is 0 Å². The van der Waals surface area contributed by atoms with E-state index in [-0.39, 0.29) is 11.5 Å². The molecular formula is C15H18BrNO7S. The normalized spacial score (nSPS) is 11.2. The monoisotopic (exact) mass is 435 g/mol. The number of carbonyl (C=O) groups is 3. The van der Waals surface area contributed by atoms with E-state index in [4.69, 9.17) is 4.74 Å². The zero-order chi connectivity index (χ0) is 19.0. The van der Waals surface area contributed by atoms with Gasteiger partial charge in [0, 0.05) is 11.4 Å². The van der Waals surface area contributed by atoms with Crippen LogP contribution in [0.5, 0.6) is 0 Å². The van der Waals surface area contributed by atoms with Crippen LogP contribution in [0.15, 0.2) is 33.6 Å². The van der Waals surface area contributed by atoms with Gasteiger partial charge in [-0.2, -0.15) is 4.31 Å². The maximum atomic E-state index is 12.7. The summed E-state index contributed by atoms with van der Waals surface area (Å²) in [6.45, 7) is 0.957. The van der Waals surface area contributed by atoms with Crippen LogP contribution in [0, 0.1) is 0 Å². The number of hydrogen-bond acceptors (Lipinski definition) is 7. The highest BCUT2D eigenvalue weighted by atomic mass is 79.9. The molecule has 1 aromatic carbocycles. The van der Waals surface area contributed by atoms with Gasteiger partial charge in [0.2, 0.25) is 10.0 Å². The molecule has 0 atom stereocenters. The van der Waals surface area contributed by atoms with Crippen LogP contribution in [0.4, 0.5) is 0 Å². The van der Waals surface area contributed by atoms with Crippen molar-refractivity contribution in [3.8, 4) is 0 Å². The predicted molar refractivity (Wildman–Crippen MR) is 91.2 cm³/mol. The van der Waals surface area contributed by atoms with Crippen LogP contribution >= 0.6 is 15.9 Å². The second-order valence-corrected chi connectivity index (χ2v) is 7.70. The van der Waals surface area contributed by atoms with E-state index in [1.807, 2.05) is 0 Å². The molecule has 0 spiro atoms. The van der Waals surface area contributed by atoms with Crippen molar-refractivity contribution < 1.29 is 32.3 Å². The number of benzene rings is 1. The summed E-state index contributed by atoms with van der Waals surface area (Å²) in [4.78, 5) is 34.3. The van der Waals surface area contributed by atoms with Gasteiger partial charge in [-0.1, -0.05) is 15.9 Å². The second kappa shape index (κ2) is 9.64. The molecule has 0 N–H and O–H groups in total. The number of nitrogens with zero attached hydrogens (tertiary/aromatic N) is 1. The van der Waals surface area contributed by atoms with Gasteiger partial charge in [0.05, 0.1) is 18.0 Å². The molecule has 0 aliphatic heterocycles. The van der Waals surface area contributed by atoms with E-state index < -0.39 is 47.4 Å². The fraction of sp³-hybridized carbons (Fsp3) is 0.400. The van der Waals surface area contributed by atoms with Gasteiger partial charge in [-0.3, -0.25) is 14.4 Å². The first-order valence-corrected chi connectivity index (χ1v) is 9.46. The Morgan fingerprint density at radius 1 is 1.08 bits per heavy atom. The number of halogens is 1. The van der Waals surface area contributed by atoms with E-state index in [9.17, 15) is 22.8 Å². The zero-order valence-electron chi connectivity index (χ0n) is 13.7. The molecule has 0 unspecified atom stereocenters. The van der Waals surface area contributed by atoms with Crippen molar-refractivity contribution >= 4 is 43.7 Å². The fourth-order valence-corrected chi connectivity index (χ4v) is 3.39. The van der Waals surface area contributed by atoms with Crippen molar-refractivity contribution in [2.24, 2.45) is 0 Å². The van der Waals surface area contributed by atoms with Gasteiger partial charge in [0.1, 0.15) is 6.54 Å². The average molecular weight is 436 g/mol. The Kier molecular flexibility index (Phi) is 8.20. The molecule has 0 radical (unpaired) electrons. The Labute approximate surface area is 154 Å². The third-order valence-corrected chi connectivity index (χ3v) is 5.19. The first-order chi connectivity index (χ1) is 11.7. The van der Waals surface area contributed by atoms with Crippen molar-refractivity contribution in [3.63, 3.8) is 0 Å². The van der Waals surface area contributed by atoms with E-state index >= 15 is 0 Å². The summed E-state index contributed by atoms with van der Waals surface area (Å²) >= 11 is 3.20. The lowest BCUT2D eigenvalue weighted by molar-refractivity contribution is -0.147. The molecular weight excluding hydrogens is 418 g/mol. The quantitative estimate of drug-likeness (QED) is 0.535. The molecule has 8 nitrogen and oxygen atoms in total. The van der Waals surface area contributed by atoms with E-state index in [1.54, 1.807) is 6.92 Å². The molecule has 0 saturated carbocycles. The zero-order valence-corrected chi connectivity index (χ0v) is 16.1. The summed E-state index contributed by atoms with van der Waals surface area (Å²) in [6.07, 6.45) is 0. The first-order valence-electron chi connectivity index (χ1n) is 7.23. The molecule has 0 aromatic heterocycles. The Morgan fingerprint density at radius 2 is 1.68 bits per heavy atom. The molecule has 0 aliphatic rings. The smallest absolute Gasteiger partial charge is 0.321 e. The maximum Gasteiger partial charge on any atom is 0.321 e. The Bertz CT molecular complexity index is 731. The minimum Gasteiger partial charge on any atom is -0.465 e. The lowest BCUT2D eigenvalue weighted by atomic mass is 10.4. The summed E-state index contributed by atoms with van der Waals surface area (Å²) < 4.78 is 36.1. The van der Waals surface area contributed by atoms with Crippen LogP contribution in [0.3, 0.4) is 0 Å². The molecule has 0 saturated heterocycles. The van der Waals surface area contributed by atoms with Crippen LogP contribution in [0.25, 0.3) is 0 Å². The molecule has 0 amide bonds. The molecule has 0 fully saturated rings. The highest BCUT2D eigenvalue weighted by Crippen LogP contribution is 2.19. The molecule has 10 heteroatoms. The van der Waals surface area contributed by atoms with Crippen LogP contribution in [0.1, 0.15) is 13.8 Å². The standard InChI is InChI=1S/C15H18BrNO7S/c1-3-23-15(20)9-17(8-13(19)10-24-11(2)18)25(21,22)14-6-4-12(16)5-7-14/h4-7H,3,8-10H2,1-2H3. The summed E-state index contributed by atoms with van der Waals surface area (Å²) in [5.41, 5.74) is 0. The number of rotatable bonds is 9. The van der Waals surface area contributed by atoms with E-state index in [2.05, 4.69) is 20.7 Å². The van der Waals surface area contributed by atoms with Crippen LogP contribution in [0.2, 0.25) is 0 Å². The van der Waals surface area contributed by atoms with Gasteiger partial charge in [-0.05, 0) is 31.2 Å². The number of carbonyl (C=O) groups excluding carboxylic acids is 3. The summed E-state index contributed by atoms with van der Waals surface area (Å²) in [5, 5.41) is 0. The lowest BCUT2D eigenvalue weighted by Gasteiger charge is -2.20. The van der Waals surface area contributed by atoms with Gasteiger partial charge in [-0.15, -0.1) is 0 Å². The van der Waals surface area contributed by atoms with E-state index in [0.29, 0.717) is 8.78 Å². The minimum absolute atomic E-state index is 0.0758. The molecule has 0 heterocycles. The molecule has 138 valence electrons. The second-order valence-electron chi connectivity index (χ2n) is 4.85. The SMILES string of the molecule is CCOC(=O)CN(CC(=O)COC(C)=O)S(=O)(=O)c1ccc(Br)cc1. The first kappa shape index (κ1) is 21.3. The van der Waals surface area contributed by atoms with E-state index in [1.165, 1.54) is 24.3 Å². The Morgan fingerprint density at radius 3 is 2.20 bits per heavy atom. The molecule has 1 aromatic rings.